The number of fused-ring (bicyclic) bond motifs is 1. The molecule has 176 valence electrons. The van der Waals surface area contributed by atoms with Crippen molar-refractivity contribution in [2.45, 2.75) is 46.1 Å². The second-order valence-electron chi connectivity index (χ2n) is 8.86. The SMILES string of the molecule is CCOc1cc(/C=N\NC(=O)[C@@H]2[C@H]3CCCC[C@@]32C)cc(I)c1OCc1ccc(Cl)cc1Cl. The number of halogens is 3. The Kier molecular flexibility index (Phi) is 7.76. The van der Waals surface area contributed by atoms with Crippen molar-refractivity contribution in [3.63, 3.8) is 0 Å². The Morgan fingerprint density at radius 2 is 2.09 bits per heavy atom. The van der Waals surface area contributed by atoms with Gasteiger partial charge >= 0.3 is 0 Å². The van der Waals surface area contributed by atoms with Crippen LogP contribution in [0.4, 0.5) is 0 Å². The monoisotopic (exact) mass is 600 g/mol. The van der Waals surface area contributed by atoms with E-state index in [1.807, 2.05) is 25.1 Å². The maximum atomic E-state index is 12.6. The Labute approximate surface area is 218 Å². The van der Waals surface area contributed by atoms with Crippen LogP contribution in [0.3, 0.4) is 0 Å². The Balaban J connectivity index is 1.43. The van der Waals surface area contributed by atoms with Gasteiger partial charge in [0.15, 0.2) is 11.5 Å². The van der Waals surface area contributed by atoms with Crippen molar-refractivity contribution in [3.05, 3.63) is 55.1 Å². The summed E-state index contributed by atoms with van der Waals surface area (Å²) in [5.41, 5.74) is 4.57. The Morgan fingerprint density at radius 3 is 2.79 bits per heavy atom. The number of nitrogens with one attached hydrogen (secondary N) is 1. The van der Waals surface area contributed by atoms with Gasteiger partial charge in [0.1, 0.15) is 6.61 Å². The Bertz CT molecular complexity index is 1080. The lowest BCUT2D eigenvalue weighted by molar-refractivity contribution is -0.123. The molecule has 2 aromatic rings. The standard InChI is InChI=1S/C25H27Cl2IN2O3/c1-3-32-21-11-15(13-29-30-24(31)22-18-6-4-5-9-25(18,22)2)10-20(28)23(21)33-14-16-7-8-17(26)12-19(16)27/h7-8,10-13,18,22H,3-6,9,14H2,1-2H3,(H,30,31)/b29-13-/t18-,22+,25+/m1/s1. The van der Waals surface area contributed by atoms with Gasteiger partial charge < -0.3 is 9.47 Å². The van der Waals surface area contributed by atoms with Crippen LogP contribution in [0.5, 0.6) is 11.5 Å². The molecule has 3 atom stereocenters. The van der Waals surface area contributed by atoms with E-state index in [0.29, 0.717) is 34.1 Å². The third-order valence-corrected chi connectivity index (χ3v) is 8.11. The Morgan fingerprint density at radius 1 is 1.27 bits per heavy atom. The largest absolute Gasteiger partial charge is 0.490 e. The van der Waals surface area contributed by atoms with Crippen LogP contribution in [0, 0.1) is 20.8 Å². The van der Waals surface area contributed by atoms with Crippen LogP contribution in [-0.2, 0) is 11.4 Å². The second kappa shape index (κ2) is 10.4. The molecule has 33 heavy (non-hydrogen) atoms. The third-order valence-electron chi connectivity index (χ3n) is 6.72. The highest BCUT2D eigenvalue weighted by Gasteiger charge is 2.64. The smallest absolute Gasteiger partial charge is 0.244 e. The summed E-state index contributed by atoms with van der Waals surface area (Å²) in [6, 6.07) is 9.12. The van der Waals surface area contributed by atoms with Crippen molar-refractivity contribution in [1.82, 2.24) is 5.43 Å². The van der Waals surface area contributed by atoms with E-state index in [-0.39, 0.29) is 23.8 Å². The summed E-state index contributed by atoms with van der Waals surface area (Å²) in [7, 11) is 0. The summed E-state index contributed by atoms with van der Waals surface area (Å²) in [6.07, 6.45) is 6.38. The van der Waals surface area contributed by atoms with Crippen LogP contribution in [-0.4, -0.2) is 18.7 Å². The van der Waals surface area contributed by atoms with E-state index >= 15 is 0 Å². The number of benzene rings is 2. The van der Waals surface area contributed by atoms with Crippen molar-refractivity contribution in [1.29, 1.82) is 0 Å². The molecule has 4 rings (SSSR count). The van der Waals surface area contributed by atoms with E-state index in [4.69, 9.17) is 32.7 Å². The lowest BCUT2D eigenvalue weighted by Crippen LogP contribution is -2.22. The van der Waals surface area contributed by atoms with E-state index < -0.39 is 0 Å². The quantitative estimate of drug-likeness (QED) is 0.205. The normalized spacial score (nSPS) is 23.8. The number of carbonyl (C=O) groups is 1. The predicted molar refractivity (Wildman–Crippen MR) is 140 cm³/mol. The van der Waals surface area contributed by atoms with Gasteiger partial charge in [0.05, 0.1) is 16.4 Å². The molecule has 5 nitrogen and oxygen atoms in total. The molecule has 0 radical (unpaired) electrons. The number of hydrogen-bond acceptors (Lipinski definition) is 4. The number of carbonyl (C=O) groups excluding carboxylic acids is 1. The molecule has 2 aromatic carbocycles. The summed E-state index contributed by atoms with van der Waals surface area (Å²) in [4.78, 5) is 12.6. The summed E-state index contributed by atoms with van der Waals surface area (Å²) in [5, 5.41) is 5.36. The minimum absolute atomic E-state index is 0.0279. The second-order valence-corrected chi connectivity index (χ2v) is 10.9. The van der Waals surface area contributed by atoms with Crippen molar-refractivity contribution >= 4 is 57.9 Å². The van der Waals surface area contributed by atoms with Crippen molar-refractivity contribution in [3.8, 4) is 11.5 Å². The van der Waals surface area contributed by atoms with Gasteiger partial charge in [-0.1, -0.05) is 49.0 Å². The lowest BCUT2D eigenvalue weighted by atomic mass is 9.90. The molecular formula is C25H27Cl2IN2O3. The molecule has 0 unspecified atom stereocenters. The maximum Gasteiger partial charge on any atom is 0.244 e. The predicted octanol–water partition coefficient (Wildman–Crippen LogP) is 6.85. The molecule has 2 saturated carbocycles. The number of rotatable bonds is 8. The van der Waals surface area contributed by atoms with Gasteiger partial charge in [0, 0.05) is 21.5 Å². The van der Waals surface area contributed by atoms with Gasteiger partial charge in [-0.05, 0) is 83.5 Å². The number of amides is 1. The van der Waals surface area contributed by atoms with Crippen LogP contribution in [0.2, 0.25) is 10.0 Å². The van der Waals surface area contributed by atoms with Crippen molar-refractivity contribution in [2.75, 3.05) is 6.61 Å². The number of hydrazone groups is 1. The van der Waals surface area contributed by atoms with Crippen molar-refractivity contribution < 1.29 is 14.3 Å². The fourth-order valence-electron chi connectivity index (χ4n) is 4.94. The van der Waals surface area contributed by atoms with Crippen LogP contribution in [0.25, 0.3) is 0 Å². The molecule has 1 N–H and O–H groups in total. The summed E-state index contributed by atoms with van der Waals surface area (Å²) in [6.45, 7) is 4.94. The summed E-state index contributed by atoms with van der Waals surface area (Å²) >= 11 is 14.5. The first-order valence-corrected chi connectivity index (χ1v) is 13.0. The topological polar surface area (TPSA) is 59.9 Å². The minimum atomic E-state index is 0.0279. The maximum absolute atomic E-state index is 12.6. The van der Waals surface area contributed by atoms with Crippen LogP contribution in [0.15, 0.2) is 35.4 Å². The van der Waals surface area contributed by atoms with E-state index in [1.165, 1.54) is 12.8 Å². The van der Waals surface area contributed by atoms with E-state index in [1.54, 1.807) is 18.3 Å². The van der Waals surface area contributed by atoms with E-state index in [0.717, 1.165) is 27.5 Å². The van der Waals surface area contributed by atoms with Gasteiger partial charge in [0.2, 0.25) is 5.91 Å². The zero-order chi connectivity index (χ0) is 23.6. The Hall–Kier alpha value is -1.51. The third kappa shape index (κ3) is 5.43. The molecule has 0 aliphatic heterocycles. The average Bonchev–Trinajstić information content (AvgIpc) is 3.40. The number of ether oxygens (including phenoxy) is 2. The summed E-state index contributed by atoms with van der Waals surface area (Å²) < 4.78 is 12.7. The minimum Gasteiger partial charge on any atom is -0.490 e. The van der Waals surface area contributed by atoms with E-state index in [9.17, 15) is 4.79 Å². The first kappa shape index (κ1) is 24.6. The molecule has 2 aliphatic rings. The number of nitrogens with zero attached hydrogens (tertiary/aromatic N) is 1. The molecule has 1 amide bonds. The van der Waals surface area contributed by atoms with Crippen molar-refractivity contribution in [2.24, 2.45) is 22.4 Å². The first-order valence-electron chi connectivity index (χ1n) is 11.2. The van der Waals surface area contributed by atoms with Gasteiger partial charge in [-0.3, -0.25) is 4.79 Å². The van der Waals surface area contributed by atoms with Gasteiger partial charge in [-0.15, -0.1) is 0 Å². The first-order chi connectivity index (χ1) is 15.8. The fourth-order valence-corrected chi connectivity index (χ4v) is 6.19. The highest BCUT2D eigenvalue weighted by molar-refractivity contribution is 14.1. The molecule has 0 saturated heterocycles. The number of hydrogen-bond donors (Lipinski definition) is 1. The van der Waals surface area contributed by atoms with Gasteiger partial charge in [0.25, 0.3) is 0 Å². The van der Waals surface area contributed by atoms with Crippen LogP contribution < -0.4 is 14.9 Å². The highest BCUT2D eigenvalue weighted by Crippen LogP contribution is 2.66. The van der Waals surface area contributed by atoms with Crippen LogP contribution >= 0.6 is 45.8 Å². The molecule has 0 bridgehead atoms. The zero-order valence-corrected chi connectivity index (χ0v) is 22.3. The fraction of sp³-hybridized carbons (Fsp3) is 0.440. The summed E-state index contributed by atoms with van der Waals surface area (Å²) in [5.74, 6) is 1.88. The molecule has 0 aromatic heterocycles. The molecule has 2 fully saturated rings. The molecule has 0 spiro atoms. The lowest BCUT2D eigenvalue weighted by Gasteiger charge is -2.15. The molecular weight excluding hydrogens is 574 g/mol. The average molecular weight is 601 g/mol. The van der Waals surface area contributed by atoms with Gasteiger partial charge in [-0.2, -0.15) is 5.10 Å². The van der Waals surface area contributed by atoms with Gasteiger partial charge in [-0.25, -0.2) is 5.43 Å². The molecule has 0 heterocycles. The molecule has 2 aliphatic carbocycles. The van der Waals surface area contributed by atoms with Crippen LogP contribution in [0.1, 0.15) is 50.7 Å². The zero-order valence-electron chi connectivity index (χ0n) is 18.7. The highest BCUT2D eigenvalue weighted by atomic mass is 127. The molecule has 8 heteroatoms. The van der Waals surface area contributed by atoms with E-state index in [2.05, 4.69) is 40.0 Å².